The van der Waals surface area contributed by atoms with Gasteiger partial charge in [0.2, 0.25) is 0 Å². The van der Waals surface area contributed by atoms with E-state index < -0.39 is 29.6 Å². The zero-order valence-electron chi connectivity index (χ0n) is 15.6. The molecule has 1 aliphatic rings. The summed E-state index contributed by atoms with van der Waals surface area (Å²) in [5.41, 5.74) is 1.84. The molecule has 0 bridgehead atoms. The van der Waals surface area contributed by atoms with E-state index in [0.717, 1.165) is 10.5 Å². The summed E-state index contributed by atoms with van der Waals surface area (Å²) >= 11 is 0. The number of benzene rings is 2. The first-order valence-corrected chi connectivity index (χ1v) is 9.09. The molecular weight excluding hydrogens is 378 g/mol. The topological polar surface area (TPSA) is 78.1 Å². The number of imide groups is 1. The normalized spacial score (nSPS) is 14.9. The van der Waals surface area contributed by atoms with E-state index in [9.17, 15) is 18.4 Å². The number of hydrogen-bond donors (Lipinski definition) is 2. The Bertz CT molecular complexity index is 1080. The van der Waals surface area contributed by atoms with E-state index in [1.807, 2.05) is 0 Å². The van der Waals surface area contributed by atoms with Crippen LogP contribution in [0.4, 0.5) is 13.6 Å². The summed E-state index contributed by atoms with van der Waals surface area (Å²) < 4.78 is 28.6. The molecule has 1 unspecified atom stereocenters. The first kappa shape index (κ1) is 18.8. The maximum atomic E-state index is 14.3. The Kier molecular flexibility index (Phi) is 4.84. The van der Waals surface area contributed by atoms with Crippen LogP contribution < -0.4 is 5.32 Å². The zero-order valence-corrected chi connectivity index (χ0v) is 15.6. The molecule has 0 aliphatic carbocycles. The molecule has 1 aliphatic heterocycles. The monoisotopic (exact) mass is 396 g/mol. The molecule has 0 saturated carbocycles. The SMILES string of the molecule is Cc1ccc(-c2cnc(C(Cc3ccccc3F)N3C(=O)CNC3=O)[nH]2)c(F)c1. The molecule has 1 saturated heterocycles. The number of amides is 3. The number of aromatic amines is 1. The van der Waals surface area contributed by atoms with Gasteiger partial charge in [-0.3, -0.25) is 9.69 Å². The molecule has 6 nitrogen and oxygen atoms in total. The maximum Gasteiger partial charge on any atom is 0.325 e. The van der Waals surface area contributed by atoms with Gasteiger partial charge in [-0.15, -0.1) is 0 Å². The van der Waals surface area contributed by atoms with Crippen molar-refractivity contribution in [3.8, 4) is 11.3 Å². The number of hydrogen-bond acceptors (Lipinski definition) is 3. The van der Waals surface area contributed by atoms with Crippen LogP contribution in [0.2, 0.25) is 0 Å². The maximum absolute atomic E-state index is 14.3. The molecule has 148 valence electrons. The van der Waals surface area contributed by atoms with E-state index in [4.69, 9.17) is 0 Å². The van der Waals surface area contributed by atoms with E-state index in [1.54, 1.807) is 37.3 Å². The Hall–Kier alpha value is -3.55. The molecule has 0 radical (unpaired) electrons. The van der Waals surface area contributed by atoms with Crippen molar-refractivity contribution >= 4 is 11.9 Å². The number of H-pyrrole nitrogens is 1. The highest BCUT2D eigenvalue weighted by Crippen LogP contribution is 2.29. The number of imidazole rings is 1. The van der Waals surface area contributed by atoms with Crippen LogP contribution in [0, 0.1) is 18.6 Å². The summed E-state index contributed by atoms with van der Waals surface area (Å²) in [6.07, 6.45) is 1.48. The second-order valence-electron chi connectivity index (χ2n) is 6.90. The Morgan fingerprint density at radius 2 is 1.93 bits per heavy atom. The van der Waals surface area contributed by atoms with E-state index in [1.165, 1.54) is 18.3 Å². The Labute approximate surface area is 165 Å². The number of carbonyl (C=O) groups is 2. The standard InChI is InChI=1S/C21H18F2N4O2/c1-12-6-7-14(16(23)8-12)17-10-24-20(26-17)18(27-19(28)11-25-21(27)29)9-13-4-2-3-5-15(13)22/h2-8,10,18H,9,11H2,1H3,(H,24,26)(H,25,29). The fourth-order valence-electron chi connectivity index (χ4n) is 3.41. The van der Waals surface area contributed by atoms with Gasteiger partial charge in [0.1, 0.15) is 23.5 Å². The quantitative estimate of drug-likeness (QED) is 0.648. The number of aromatic nitrogens is 2. The van der Waals surface area contributed by atoms with Crippen LogP contribution in [0.5, 0.6) is 0 Å². The lowest BCUT2D eigenvalue weighted by Gasteiger charge is -2.23. The van der Waals surface area contributed by atoms with Gasteiger partial charge in [-0.1, -0.05) is 24.3 Å². The lowest BCUT2D eigenvalue weighted by atomic mass is 10.0. The minimum absolute atomic E-state index is 0.0369. The fourth-order valence-corrected chi connectivity index (χ4v) is 3.41. The van der Waals surface area contributed by atoms with Crippen LogP contribution in [-0.2, 0) is 11.2 Å². The summed E-state index contributed by atoms with van der Waals surface area (Å²) in [7, 11) is 0. The molecule has 8 heteroatoms. The van der Waals surface area contributed by atoms with Crippen molar-refractivity contribution in [3.05, 3.63) is 77.2 Å². The molecular formula is C21H18F2N4O2. The Morgan fingerprint density at radius 1 is 1.14 bits per heavy atom. The van der Waals surface area contributed by atoms with Gasteiger partial charge in [-0.2, -0.15) is 0 Å². The van der Waals surface area contributed by atoms with Crippen molar-refractivity contribution in [2.45, 2.75) is 19.4 Å². The van der Waals surface area contributed by atoms with Gasteiger partial charge < -0.3 is 10.3 Å². The highest BCUT2D eigenvalue weighted by molar-refractivity contribution is 6.02. The third-order valence-corrected chi connectivity index (χ3v) is 4.89. The van der Waals surface area contributed by atoms with Crippen LogP contribution in [-0.4, -0.2) is 33.4 Å². The van der Waals surface area contributed by atoms with E-state index >= 15 is 0 Å². The Morgan fingerprint density at radius 3 is 2.62 bits per heavy atom. The summed E-state index contributed by atoms with van der Waals surface area (Å²) in [6, 6.07) is 9.51. The van der Waals surface area contributed by atoms with Crippen LogP contribution in [0.15, 0.2) is 48.7 Å². The van der Waals surface area contributed by atoms with Gasteiger partial charge in [0.25, 0.3) is 5.91 Å². The minimum Gasteiger partial charge on any atom is -0.340 e. The summed E-state index contributed by atoms with van der Waals surface area (Å²) in [5, 5.41) is 2.47. The average Bonchev–Trinajstić information content (AvgIpc) is 3.29. The van der Waals surface area contributed by atoms with Crippen molar-refractivity contribution in [2.24, 2.45) is 0 Å². The second-order valence-corrected chi connectivity index (χ2v) is 6.90. The summed E-state index contributed by atoms with van der Waals surface area (Å²) in [6.45, 7) is 1.65. The highest BCUT2D eigenvalue weighted by Gasteiger charge is 2.37. The molecule has 0 spiro atoms. The lowest BCUT2D eigenvalue weighted by molar-refractivity contribution is -0.126. The largest absolute Gasteiger partial charge is 0.340 e. The molecule has 2 heterocycles. The molecule has 3 aromatic rings. The highest BCUT2D eigenvalue weighted by atomic mass is 19.1. The van der Waals surface area contributed by atoms with Crippen LogP contribution in [0.25, 0.3) is 11.3 Å². The van der Waals surface area contributed by atoms with Crippen molar-refractivity contribution in [1.82, 2.24) is 20.2 Å². The van der Waals surface area contributed by atoms with E-state index in [-0.39, 0.29) is 18.8 Å². The summed E-state index contributed by atoms with van der Waals surface area (Å²) in [5.74, 6) is -1.02. The van der Waals surface area contributed by atoms with Crippen LogP contribution in [0.3, 0.4) is 0 Å². The summed E-state index contributed by atoms with van der Waals surface area (Å²) in [4.78, 5) is 32.8. The van der Waals surface area contributed by atoms with Crippen molar-refractivity contribution in [3.63, 3.8) is 0 Å². The van der Waals surface area contributed by atoms with Crippen LogP contribution in [0.1, 0.15) is 23.0 Å². The molecule has 29 heavy (non-hydrogen) atoms. The zero-order chi connectivity index (χ0) is 20.5. The average molecular weight is 396 g/mol. The molecule has 1 fully saturated rings. The van der Waals surface area contributed by atoms with Crippen molar-refractivity contribution in [2.75, 3.05) is 6.54 Å². The van der Waals surface area contributed by atoms with Gasteiger partial charge in [-0.25, -0.2) is 18.6 Å². The van der Waals surface area contributed by atoms with Crippen molar-refractivity contribution in [1.29, 1.82) is 0 Å². The van der Waals surface area contributed by atoms with Gasteiger partial charge in [0.05, 0.1) is 18.4 Å². The Balaban J connectivity index is 1.73. The molecule has 2 N–H and O–H groups in total. The minimum atomic E-state index is -0.857. The third kappa shape index (κ3) is 3.61. The van der Waals surface area contributed by atoms with Gasteiger partial charge in [-0.05, 0) is 36.2 Å². The predicted octanol–water partition coefficient (Wildman–Crippen LogP) is 3.50. The number of rotatable bonds is 5. The molecule has 1 atom stereocenters. The first-order chi connectivity index (χ1) is 13.9. The van der Waals surface area contributed by atoms with Gasteiger partial charge >= 0.3 is 6.03 Å². The van der Waals surface area contributed by atoms with E-state index in [2.05, 4.69) is 15.3 Å². The smallest absolute Gasteiger partial charge is 0.325 e. The second kappa shape index (κ2) is 7.46. The lowest BCUT2D eigenvalue weighted by Crippen LogP contribution is -2.37. The number of halogens is 2. The predicted molar refractivity (Wildman–Crippen MR) is 102 cm³/mol. The van der Waals surface area contributed by atoms with Crippen molar-refractivity contribution < 1.29 is 18.4 Å². The fraction of sp³-hybridized carbons (Fsp3) is 0.190. The first-order valence-electron chi connectivity index (χ1n) is 9.09. The van der Waals surface area contributed by atoms with Gasteiger partial charge in [0, 0.05) is 12.0 Å². The molecule has 1 aromatic heterocycles. The van der Waals surface area contributed by atoms with Crippen LogP contribution >= 0.6 is 0 Å². The number of carbonyl (C=O) groups excluding carboxylic acids is 2. The number of aryl methyl sites for hydroxylation is 1. The number of nitrogens with zero attached hydrogens (tertiary/aromatic N) is 2. The third-order valence-electron chi connectivity index (χ3n) is 4.89. The van der Waals surface area contributed by atoms with Gasteiger partial charge in [0.15, 0.2) is 0 Å². The number of urea groups is 1. The molecule has 4 rings (SSSR count). The van der Waals surface area contributed by atoms with E-state index in [0.29, 0.717) is 16.8 Å². The molecule has 2 aromatic carbocycles. The number of nitrogens with one attached hydrogen (secondary N) is 2. The molecule has 3 amide bonds.